The molecule has 0 N–H and O–H groups in total. The molecule has 0 aliphatic carbocycles. The molecule has 0 bridgehead atoms. The average molecular weight is 169 g/mol. The molecule has 0 spiro atoms. The lowest BCUT2D eigenvalue weighted by Crippen LogP contribution is -1.94. The van der Waals surface area contributed by atoms with Gasteiger partial charge in [0.05, 0.1) is 6.61 Å². The molecule has 0 fully saturated rings. The first kappa shape index (κ1) is 11.7. The van der Waals surface area contributed by atoms with Crippen LogP contribution in [0, 0.1) is 6.92 Å². The van der Waals surface area contributed by atoms with Crippen LogP contribution in [0.2, 0.25) is 0 Å². The van der Waals surface area contributed by atoms with E-state index in [4.69, 9.17) is 4.74 Å². The van der Waals surface area contributed by atoms with Crippen molar-refractivity contribution < 1.29 is 4.74 Å². The van der Waals surface area contributed by atoms with Crippen molar-refractivity contribution in [2.75, 3.05) is 13.2 Å². The molecule has 0 aliphatic rings. The van der Waals surface area contributed by atoms with Crippen LogP contribution in [0.15, 0.2) is 11.6 Å². The minimum atomic E-state index is 0.755. The molecule has 0 aromatic heterocycles. The Balaban J connectivity index is 3.10. The van der Waals surface area contributed by atoms with Crippen molar-refractivity contribution in [3.63, 3.8) is 0 Å². The Morgan fingerprint density at radius 2 is 2.17 bits per heavy atom. The van der Waals surface area contributed by atoms with Gasteiger partial charge in [-0.15, -0.1) is 0 Å². The van der Waals surface area contributed by atoms with E-state index in [1.165, 1.54) is 24.8 Å². The van der Waals surface area contributed by atoms with E-state index in [1.807, 2.05) is 0 Å². The van der Waals surface area contributed by atoms with Crippen molar-refractivity contribution >= 4 is 0 Å². The van der Waals surface area contributed by atoms with Gasteiger partial charge in [-0.25, -0.2) is 0 Å². The number of ether oxygens (including phenoxy) is 1. The van der Waals surface area contributed by atoms with E-state index < -0.39 is 0 Å². The van der Waals surface area contributed by atoms with Gasteiger partial charge in [-0.1, -0.05) is 31.4 Å². The predicted molar refractivity (Wildman–Crippen MR) is 54.1 cm³/mol. The maximum atomic E-state index is 5.40. The van der Waals surface area contributed by atoms with Gasteiger partial charge < -0.3 is 4.74 Å². The third-order valence-electron chi connectivity index (χ3n) is 1.84. The van der Waals surface area contributed by atoms with Gasteiger partial charge in [0.25, 0.3) is 0 Å². The van der Waals surface area contributed by atoms with Crippen molar-refractivity contribution in [2.45, 2.75) is 39.5 Å². The summed E-state index contributed by atoms with van der Waals surface area (Å²) in [5, 5.41) is 0. The Hall–Kier alpha value is -0.300. The minimum absolute atomic E-state index is 0.755. The first-order valence-electron chi connectivity index (χ1n) is 4.83. The summed E-state index contributed by atoms with van der Waals surface area (Å²) in [7, 11) is 0. The van der Waals surface area contributed by atoms with Crippen LogP contribution in [0.4, 0.5) is 0 Å². The standard InChI is InChI=1S/C11H21O/c1-4-6-7-9-12-10-8-11(3)5-2/h8H,2,4-7,9-10H2,1,3H3. The third-order valence-corrected chi connectivity index (χ3v) is 1.84. The highest BCUT2D eigenvalue weighted by Crippen LogP contribution is 1.98. The quantitative estimate of drug-likeness (QED) is 0.419. The highest BCUT2D eigenvalue weighted by Gasteiger charge is 1.86. The van der Waals surface area contributed by atoms with Crippen LogP contribution in [0.3, 0.4) is 0 Å². The van der Waals surface area contributed by atoms with Gasteiger partial charge in [0, 0.05) is 6.61 Å². The van der Waals surface area contributed by atoms with Crippen LogP contribution in [-0.4, -0.2) is 13.2 Å². The molecule has 71 valence electrons. The van der Waals surface area contributed by atoms with Crippen LogP contribution in [-0.2, 0) is 4.74 Å². The molecule has 1 radical (unpaired) electrons. The van der Waals surface area contributed by atoms with Crippen LogP contribution >= 0.6 is 0 Å². The van der Waals surface area contributed by atoms with Crippen molar-refractivity contribution in [3.05, 3.63) is 18.6 Å². The minimum Gasteiger partial charge on any atom is -0.377 e. The fraction of sp³-hybridized carbons (Fsp3) is 0.727. The van der Waals surface area contributed by atoms with Crippen LogP contribution in [0.25, 0.3) is 0 Å². The first-order chi connectivity index (χ1) is 5.81. The van der Waals surface area contributed by atoms with Gasteiger partial charge in [-0.2, -0.15) is 0 Å². The molecule has 0 aliphatic heterocycles. The highest BCUT2D eigenvalue weighted by molar-refractivity contribution is 4.98. The van der Waals surface area contributed by atoms with Gasteiger partial charge in [-0.05, 0) is 26.7 Å². The predicted octanol–water partition coefficient (Wildman–Crippen LogP) is 3.36. The SMILES string of the molecule is [CH2]CC(C)=CCOCCCCC. The first-order valence-corrected chi connectivity index (χ1v) is 4.83. The van der Waals surface area contributed by atoms with Crippen molar-refractivity contribution in [1.82, 2.24) is 0 Å². The Kier molecular flexibility index (Phi) is 8.57. The van der Waals surface area contributed by atoms with Gasteiger partial charge in [-0.3, -0.25) is 0 Å². The number of rotatable bonds is 7. The zero-order valence-corrected chi connectivity index (χ0v) is 8.44. The molecule has 0 amide bonds. The fourth-order valence-electron chi connectivity index (χ4n) is 0.841. The summed E-state index contributed by atoms with van der Waals surface area (Å²) in [5.41, 5.74) is 1.31. The molecule has 0 aromatic carbocycles. The second kappa shape index (κ2) is 8.79. The molecule has 0 atom stereocenters. The molecule has 0 saturated heterocycles. The Morgan fingerprint density at radius 3 is 2.75 bits per heavy atom. The second-order valence-electron chi connectivity index (χ2n) is 3.08. The highest BCUT2D eigenvalue weighted by atomic mass is 16.5. The molecule has 1 nitrogen and oxygen atoms in total. The lowest BCUT2D eigenvalue weighted by molar-refractivity contribution is 0.157. The normalized spacial score (nSPS) is 12.1. The van der Waals surface area contributed by atoms with E-state index in [0.29, 0.717) is 0 Å². The summed E-state index contributed by atoms with van der Waals surface area (Å²) in [6.45, 7) is 9.73. The van der Waals surface area contributed by atoms with E-state index in [1.54, 1.807) is 0 Å². The fourth-order valence-corrected chi connectivity index (χ4v) is 0.841. The average Bonchev–Trinajstić information content (AvgIpc) is 2.10. The summed E-state index contributed by atoms with van der Waals surface area (Å²) >= 11 is 0. The molecule has 12 heavy (non-hydrogen) atoms. The van der Waals surface area contributed by atoms with Gasteiger partial charge in [0.15, 0.2) is 0 Å². The molecule has 0 saturated carbocycles. The van der Waals surface area contributed by atoms with Gasteiger partial charge in [0.2, 0.25) is 0 Å². The van der Waals surface area contributed by atoms with Crippen molar-refractivity contribution in [1.29, 1.82) is 0 Å². The number of hydrogen-bond acceptors (Lipinski definition) is 1. The van der Waals surface area contributed by atoms with Crippen molar-refractivity contribution in [3.8, 4) is 0 Å². The molecule has 0 unspecified atom stereocenters. The molecule has 0 aromatic rings. The monoisotopic (exact) mass is 169 g/mol. The maximum Gasteiger partial charge on any atom is 0.0649 e. The molecule has 1 heteroatoms. The van der Waals surface area contributed by atoms with E-state index in [9.17, 15) is 0 Å². The number of allylic oxidation sites excluding steroid dienone is 1. The Morgan fingerprint density at radius 1 is 1.42 bits per heavy atom. The van der Waals surface area contributed by atoms with Gasteiger partial charge in [0.1, 0.15) is 0 Å². The van der Waals surface area contributed by atoms with E-state index in [2.05, 4.69) is 26.8 Å². The van der Waals surface area contributed by atoms with Crippen LogP contribution < -0.4 is 0 Å². The Bertz CT molecular complexity index is 116. The summed E-state index contributed by atoms with van der Waals surface area (Å²) in [6.07, 6.45) is 6.72. The van der Waals surface area contributed by atoms with E-state index >= 15 is 0 Å². The largest absolute Gasteiger partial charge is 0.377 e. The van der Waals surface area contributed by atoms with E-state index in [0.717, 1.165) is 19.6 Å². The smallest absolute Gasteiger partial charge is 0.0649 e. The third kappa shape index (κ3) is 7.80. The zero-order chi connectivity index (χ0) is 9.23. The lowest BCUT2D eigenvalue weighted by Gasteiger charge is -2.00. The lowest BCUT2D eigenvalue weighted by atomic mass is 10.2. The Labute approximate surface area is 76.8 Å². The zero-order valence-electron chi connectivity index (χ0n) is 8.44. The summed E-state index contributed by atoms with van der Waals surface area (Å²) in [6, 6.07) is 0. The summed E-state index contributed by atoms with van der Waals surface area (Å²) in [5.74, 6) is 0. The molecule has 0 rings (SSSR count). The second-order valence-corrected chi connectivity index (χ2v) is 3.08. The van der Waals surface area contributed by atoms with E-state index in [-0.39, 0.29) is 0 Å². The topological polar surface area (TPSA) is 9.23 Å². The van der Waals surface area contributed by atoms with Crippen molar-refractivity contribution in [2.24, 2.45) is 0 Å². The number of hydrogen-bond donors (Lipinski definition) is 0. The molecule has 0 heterocycles. The molecular formula is C11H21O. The maximum absolute atomic E-state index is 5.40. The number of unbranched alkanes of at least 4 members (excludes halogenated alkanes) is 2. The van der Waals surface area contributed by atoms with Gasteiger partial charge >= 0.3 is 0 Å². The molecular weight excluding hydrogens is 148 g/mol. The van der Waals surface area contributed by atoms with Crippen LogP contribution in [0.1, 0.15) is 39.5 Å². The summed E-state index contributed by atoms with van der Waals surface area (Å²) in [4.78, 5) is 0. The summed E-state index contributed by atoms with van der Waals surface area (Å²) < 4.78 is 5.40. The van der Waals surface area contributed by atoms with Crippen LogP contribution in [0.5, 0.6) is 0 Å².